The lowest BCUT2D eigenvalue weighted by Gasteiger charge is -2.16. The van der Waals surface area contributed by atoms with Crippen molar-refractivity contribution in [2.24, 2.45) is 0 Å². The van der Waals surface area contributed by atoms with Gasteiger partial charge in [-0.2, -0.15) is 13.2 Å². The molecule has 0 bridgehead atoms. The average Bonchev–Trinajstić information content (AvgIpc) is 2.85. The standard InChI is InChI=1S/C18H19ClF3N3O/c19-15-6-7-16-14(3-1-2-8-23-16)17(15)25-9-12-4-5-13(10-24-12)26-11-18(20,21)22/h4-7,10,23,25H,1-3,8-9,11H2. The molecule has 1 aromatic carbocycles. The minimum Gasteiger partial charge on any atom is -0.483 e. The number of nitrogens with zero attached hydrogens (tertiary/aromatic N) is 1. The average molecular weight is 386 g/mol. The predicted molar refractivity (Wildman–Crippen MR) is 96.0 cm³/mol. The van der Waals surface area contributed by atoms with Gasteiger partial charge in [0.25, 0.3) is 0 Å². The van der Waals surface area contributed by atoms with Gasteiger partial charge in [-0.1, -0.05) is 11.6 Å². The Hall–Kier alpha value is -2.15. The molecular formula is C18H19ClF3N3O. The Morgan fingerprint density at radius 2 is 2.04 bits per heavy atom. The summed E-state index contributed by atoms with van der Waals surface area (Å²) in [7, 11) is 0. The smallest absolute Gasteiger partial charge is 0.422 e. The van der Waals surface area contributed by atoms with Gasteiger partial charge in [-0.15, -0.1) is 0 Å². The summed E-state index contributed by atoms with van der Waals surface area (Å²) in [6, 6.07) is 6.94. The molecule has 1 aliphatic heterocycles. The normalized spacial score (nSPS) is 14.2. The number of halogens is 4. The molecule has 0 atom stereocenters. The number of pyridine rings is 1. The Balaban J connectivity index is 1.66. The summed E-state index contributed by atoms with van der Waals surface area (Å²) in [6.45, 7) is 0.0236. The molecule has 2 aromatic rings. The number of anilines is 2. The Morgan fingerprint density at radius 3 is 2.77 bits per heavy atom. The van der Waals surface area contributed by atoms with Crippen LogP contribution in [0.1, 0.15) is 24.1 Å². The molecule has 0 aliphatic carbocycles. The zero-order valence-electron chi connectivity index (χ0n) is 14.0. The minimum absolute atomic E-state index is 0.0851. The monoisotopic (exact) mass is 385 g/mol. The van der Waals surface area contributed by atoms with E-state index in [1.165, 1.54) is 12.3 Å². The number of ether oxygens (including phenoxy) is 1. The molecule has 0 unspecified atom stereocenters. The molecule has 0 spiro atoms. The highest BCUT2D eigenvalue weighted by Crippen LogP contribution is 2.35. The van der Waals surface area contributed by atoms with E-state index in [2.05, 4.69) is 20.4 Å². The molecule has 2 N–H and O–H groups in total. The van der Waals surface area contributed by atoms with E-state index in [1.807, 2.05) is 12.1 Å². The number of alkyl halides is 3. The molecular weight excluding hydrogens is 367 g/mol. The van der Waals surface area contributed by atoms with Gasteiger partial charge in [-0.05, 0) is 49.1 Å². The van der Waals surface area contributed by atoms with Crippen LogP contribution in [0.2, 0.25) is 5.02 Å². The van der Waals surface area contributed by atoms with Crippen molar-refractivity contribution in [1.82, 2.24) is 4.98 Å². The van der Waals surface area contributed by atoms with Crippen molar-refractivity contribution in [2.75, 3.05) is 23.8 Å². The number of nitrogens with one attached hydrogen (secondary N) is 2. The van der Waals surface area contributed by atoms with Crippen LogP contribution in [0.5, 0.6) is 5.75 Å². The second kappa shape index (κ2) is 8.03. The lowest BCUT2D eigenvalue weighted by molar-refractivity contribution is -0.153. The molecule has 0 saturated carbocycles. The largest absolute Gasteiger partial charge is 0.483 e. The number of fused-ring (bicyclic) bond motifs is 1. The molecule has 1 aliphatic rings. The molecule has 4 nitrogen and oxygen atoms in total. The van der Waals surface area contributed by atoms with Gasteiger partial charge in [-0.25, -0.2) is 0 Å². The SMILES string of the molecule is FC(F)(F)COc1ccc(CNc2c(Cl)ccc3c2CCCCN3)nc1. The fraction of sp³-hybridized carbons (Fsp3) is 0.389. The second-order valence-electron chi connectivity index (χ2n) is 6.08. The maximum Gasteiger partial charge on any atom is 0.422 e. The highest BCUT2D eigenvalue weighted by Gasteiger charge is 2.28. The van der Waals surface area contributed by atoms with Crippen molar-refractivity contribution >= 4 is 23.0 Å². The Bertz CT molecular complexity index is 751. The van der Waals surface area contributed by atoms with Crippen molar-refractivity contribution < 1.29 is 17.9 Å². The number of hydrogen-bond acceptors (Lipinski definition) is 4. The first-order chi connectivity index (χ1) is 12.4. The van der Waals surface area contributed by atoms with E-state index in [0.29, 0.717) is 17.3 Å². The van der Waals surface area contributed by atoms with E-state index < -0.39 is 12.8 Å². The third kappa shape index (κ3) is 4.94. The van der Waals surface area contributed by atoms with Gasteiger partial charge in [0, 0.05) is 12.2 Å². The van der Waals surface area contributed by atoms with E-state index in [1.54, 1.807) is 6.07 Å². The first-order valence-electron chi connectivity index (χ1n) is 8.36. The summed E-state index contributed by atoms with van der Waals surface area (Å²) in [6.07, 6.45) is 0.0433. The van der Waals surface area contributed by atoms with Crippen LogP contribution in [0.4, 0.5) is 24.5 Å². The topological polar surface area (TPSA) is 46.2 Å². The highest BCUT2D eigenvalue weighted by molar-refractivity contribution is 6.33. The zero-order chi connectivity index (χ0) is 18.6. The molecule has 140 valence electrons. The first kappa shape index (κ1) is 18.6. The molecule has 1 aromatic heterocycles. The number of benzene rings is 1. The molecule has 0 fully saturated rings. The van der Waals surface area contributed by atoms with E-state index in [0.717, 1.165) is 42.7 Å². The molecule has 8 heteroatoms. The maximum absolute atomic E-state index is 12.2. The predicted octanol–water partition coefficient (Wildman–Crippen LogP) is 5.04. The summed E-state index contributed by atoms with van der Waals surface area (Å²) in [5, 5.41) is 7.34. The van der Waals surface area contributed by atoms with Crippen LogP contribution in [-0.2, 0) is 13.0 Å². The van der Waals surface area contributed by atoms with Crippen LogP contribution in [0.25, 0.3) is 0 Å². The Kier molecular flexibility index (Phi) is 5.76. The van der Waals surface area contributed by atoms with Gasteiger partial charge in [-0.3, -0.25) is 4.98 Å². The molecule has 0 amide bonds. The van der Waals surface area contributed by atoms with Crippen LogP contribution < -0.4 is 15.4 Å². The van der Waals surface area contributed by atoms with Crippen molar-refractivity contribution in [2.45, 2.75) is 32.0 Å². The first-order valence-corrected chi connectivity index (χ1v) is 8.74. The van der Waals surface area contributed by atoms with Crippen molar-refractivity contribution in [3.8, 4) is 5.75 Å². The van der Waals surface area contributed by atoms with E-state index in [4.69, 9.17) is 11.6 Å². The number of rotatable bonds is 5. The van der Waals surface area contributed by atoms with Crippen molar-refractivity contribution in [3.63, 3.8) is 0 Å². The maximum atomic E-state index is 12.2. The summed E-state index contributed by atoms with van der Waals surface area (Å²) < 4.78 is 41.1. The van der Waals surface area contributed by atoms with Gasteiger partial charge in [0.05, 0.1) is 29.1 Å². The molecule has 3 rings (SSSR count). The Labute approximate surface area is 154 Å². The van der Waals surface area contributed by atoms with Crippen LogP contribution in [0, 0.1) is 0 Å². The van der Waals surface area contributed by atoms with Crippen molar-refractivity contribution in [1.29, 1.82) is 0 Å². The Morgan fingerprint density at radius 1 is 1.19 bits per heavy atom. The zero-order valence-corrected chi connectivity index (χ0v) is 14.8. The van der Waals surface area contributed by atoms with Gasteiger partial charge in [0.2, 0.25) is 0 Å². The van der Waals surface area contributed by atoms with Crippen LogP contribution in [0.15, 0.2) is 30.5 Å². The van der Waals surface area contributed by atoms with Crippen LogP contribution in [0.3, 0.4) is 0 Å². The van der Waals surface area contributed by atoms with Gasteiger partial charge in [0.15, 0.2) is 6.61 Å². The number of aromatic nitrogens is 1. The molecule has 0 saturated heterocycles. The third-order valence-electron chi connectivity index (χ3n) is 4.08. The highest BCUT2D eigenvalue weighted by atomic mass is 35.5. The molecule has 26 heavy (non-hydrogen) atoms. The van der Waals surface area contributed by atoms with Gasteiger partial charge in [0.1, 0.15) is 5.75 Å². The second-order valence-corrected chi connectivity index (χ2v) is 6.48. The fourth-order valence-corrected chi connectivity index (χ4v) is 3.07. The molecule has 2 heterocycles. The molecule has 0 radical (unpaired) electrons. The van der Waals surface area contributed by atoms with Gasteiger partial charge < -0.3 is 15.4 Å². The summed E-state index contributed by atoms with van der Waals surface area (Å²) in [4.78, 5) is 4.14. The summed E-state index contributed by atoms with van der Waals surface area (Å²) in [5.41, 5.74) is 3.79. The lowest BCUT2D eigenvalue weighted by Crippen LogP contribution is -2.19. The lowest BCUT2D eigenvalue weighted by atomic mass is 10.1. The van der Waals surface area contributed by atoms with Gasteiger partial charge >= 0.3 is 6.18 Å². The van der Waals surface area contributed by atoms with E-state index in [9.17, 15) is 13.2 Å². The summed E-state index contributed by atoms with van der Waals surface area (Å²) >= 11 is 6.35. The fourth-order valence-electron chi connectivity index (χ4n) is 2.83. The van der Waals surface area contributed by atoms with Crippen molar-refractivity contribution in [3.05, 3.63) is 46.7 Å². The third-order valence-corrected chi connectivity index (χ3v) is 4.39. The van der Waals surface area contributed by atoms with E-state index >= 15 is 0 Å². The summed E-state index contributed by atoms with van der Waals surface area (Å²) in [5.74, 6) is 0.0851. The van der Waals surface area contributed by atoms with Crippen LogP contribution in [-0.4, -0.2) is 24.3 Å². The van der Waals surface area contributed by atoms with E-state index in [-0.39, 0.29) is 5.75 Å². The minimum atomic E-state index is -4.36. The quantitative estimate of drug-likeness (QED) is 0.757. The van der Waals surface area contributed by atoms with Crippen LogP contribution >= 0.6 is 11.6 Å². The number of hydrogen-bond donors (Lipinski definition) is 2.